The summed E-state index contributed by atoms with van der Waals surface area (Å²) in [5.74, 6) is -3.85. The molecule has 0 aliphatic rings. The van der Waals surface area contributed by atoms with Gasteiger partial charge in [-0.15, -0.1) is 0 Å². The molecule has 0 saturated heterocycles. The lowest BCUT2D eigenvalue weighted by molar-refractivity contribution is -0.137. The zero-order valence-corrected chi connectivity index (χ0v) is 15.2. The van der Waals surface area contributed by atoms with Gasteiger partial charge in [0.2, 0.25) is 5.91 Å². The van der Waals surface area contributed by atoms with E-state index in [2.05, 4.69) is 5.32 Å². The van der Waals surface area contributed by atoms with Gasteiger partial charge >= 0.3 is 5.97 Å². The maximum absolute atomic E-state index is 13.5. The molecule has 0 atom stereocenters. The molecule has 8 heteroatoms. The highest BCUT2D eigenvalue weighted by atomic mass is 19.2. The van der Waals surface area contributed by atoms with Crippen LogP contribution in [-0.2, 0) is 16.1 Å². The number of nitrogens with zero attached hydrogens (tertiary/aromatic N) is 1. The number of hydrogen-bond donors (Lipinski definition) is 2. The lowest BCUT2D eigenvalue weighted by Gasteiger charge is -2.22. The molecule has 2 aromatic carbocycles. The van der Waals surface area contributed by atoms with Crippen LogP contribution in [0.3, 0.4) is 0 Å². The van der Waals surface area contributed by atoms with E-state index in [9.17, 15) is 23.2 Å². The average Bonchev–Trinajstić information content (AvgIpc) is 2.67. The summed E-state index contributed by atoms with van der Waals surface area (Å²) in [5, 5.41) is 11.6. The number of halogens is 2. The van der Waals surface area contributed by atoms with Crippen molar-refractivity contribution >= 4 is 23.5 Å². The highest BCUT2D eigenvalue weighted by molar-refractivity contribution is 5.97. The Kier molecular flexibility index (Phi) is 7.20. The molecule has 0 fully saturated rings. The van der Waals surface area contributed by atoms with E-state index in [-0.39, 0.29) is 37.4 Å². The monoisotopic (exact) mass is 390 g/mol. The average molecular weight is 390 g/mol. The molecule has 0 spiro atoms. The lowest BCUT2D eigenvalue weighted by Crippen LogP contribution is -2.32. The van der Waals surface area contributed by atoms with Crippen LogP contribution in [0.4, 0.5) is 14.5 Å². The van der Waals surface area contributed by atoms with Gasteiger partial charge in [-0.1, -0.05) is 19.1 Å². The summed E-state index contributed by atoms with van der Waals surface area (Å²) in [7, 11) is 0. The fourth-order valence-electron chi connectivity index (χ4n) is 2.50. The molecule has 0 aromatic heterocycles. The SMILES string of the molecule is CCC(=O)Nc1cccc(C(=O)N(CCC(=O)O)Cc2ccc(F)c(F)c2)c1. The number of carbonyl (C=O) groups is 3. The molecule has 2 aromatic rings. The first kappa shape index (κ1) is 21.0. The molecule has 2 amide bonds. The number of rotatable bonds is 8. The van der Waals surface area contributed by atoms with E-state index < -0.39 is 23.5 Å². The summed E-state index contributed by atoms with van der Waals surface area (Å²) in [6, 6.07) is 9.47. The number of benzene rings is 2. The topological polar surface area (TPSA) is 86.7 Å². The number of carbonyl (C=O) groups excluding carboxylic acids is 2. The second kappa shape index (κ2) is 9.59. The smallest absolute Gasteiger partial charge is 0.305 e. The van der Waals surface area contributed by atoms with Gasteiger partial charge < -0.3 is 15.3 Å². The number of aliphatic carboxylic acids is 1. The molecule has 0 unspecified atom stereocenters. The number of carboxylic acids is 1. The number of amides is 2. The third-order valence-electron chi connectivity index (χ3n) is 3.95. The summed E-state index contributed by atoms with van der Waals surface area (Å²) >= 11 is 0. The van der Waals surface area contributed by atoms with E-state index in [1.807, 2.05) is 0 Å². The minimum atomic E-state index is -1.09. The Labute approximate surface area is 160 Å². The summed E-state index contributed by atoms with van der Waals surface area (Å²) in [6.45, 7) is 1.49. The first-order chi connectivity index (χ1) is 13.3. The predicted molar refractivity (Wildman–Crippen MR) is 98.7 cm³/mol. The van der Waals surface area contributed by atoms with Crippen LogP contribution >= 0.6 is 0 Å². The van der Waals surface area contributed by atoms with E-state index in [0.717, 1.165) is 12.1 Å². The maximum atomic E-state index is 13.5. The Bertz CT molecular complexity index is 886. The number of nitrogens with one attached hydrogen (secondary N) is 1. The molecule has 148 valence electrons. The van der Waals surface area contributed by atoms with Crippen molar-refractivity contribution in [2.24, 2.45) is 0 Å². The summed E-state index contributed by atoms with van der Waals surface area (Å²) < 4.78 is 26.6. The molecule has 0 aliphatic carbocycles. The summed E-state index contributed by atoms with van der Waals surface area (Å²) in [6.07, 6.45) is -0.0271. The van der Waals surface area contributed by atoms with Crippen LogP contribution in [0, 0.1) is 11.6 Å². The van der Waals surface area contributed by atoms with Crippen molar-refractivity contribution < 1.29 is 28.3 Å². The highest BCUT2D eigenvalue weighted by Crippen LogP contribution is 2.17. The van der Waals surface area contributed by atoms with Crippen molar-refractivity contribution in [2.75, 3.05) is 11.9 Å². The molecule has 0 heterocycles. The first-order valence-electron chi connectivity index (χ1n) is 8.65. The van der Waals surface area contributed by atoms with Crippen LogP contribution in [0.2, 0.25) is 0 Å². The van der Waals surface area contributed by atoms with Crippen molar-refractivity contribution in [2.45, 2.75) is 26.3 Å². The van der Waals surface area contributed by atoms with Crippen molar-refractivity contribution in [3.63, 3.8) is 0 Å². The standard InChI is InChI=1S/C20H20F2N2O4/c1-2-18(25)23-15-5-3-4-14(11-15)20(28)24(9-8-19(26)27)12-13-6-7-16(21)17(22)10-13/h3-7,10-11H,2,8-9,12H2,1H3,(H,23,25)(H,26,27). The Balaban J connectivity index is 2.25. The van der Waals surface area contributed by atoms with Crippen molar-refractivity contribution in [3.05, 3.63) is 65.2 Å². The fraction of sp³-hybridized carbons (Fsp3) is 0.250. The molecular weight excluding hydrogens is 370 g/mol. The van der Waals surface area contributed by atoms with Crippen LogP contribution in [0.5, 0.6) is 0 Å². The zero-order valence-electron chi connectivity index (χ0n) is 15.2. The molecule has 2 rings (SSSR count). The molecule has 28 heavy (non-hydrogen) atoms. The third kappa shape index (κ3) is 5.87. The molecule has 0 radical (unpaired) electrons. The highest BCUT2D eigenvalue weighted by Gasteiger charge is 2.18. The summed E-state index contributed by atoms with van der Waals surface area (Å²) in [4.78, 5) is 36.6. The van der Waals surface area contributed by atoms with Gasteiger partial charge in [-0.2, -0.15) is 0 Å². The van der Waals surface area contributed by atoms with Gasteiger partial charge in [-0.25, -0.2) is 8.78 Å². The van der Waals surface area contributed by atoms with Crippen LogP contribution in [0.1, 0.15) is 35.7 Å². The molecule has 6 nitrogen and oxygen atoms in total. The van der Waals surface area contributed by atoms with E-state index in [1.165, 1.54) is 23.1 Å². The Morgan fingerprint density at radius 3 is 2.46 bits per heavy atom. The first-order valence-corrected chi connectivity index (χ1v) is 8.65. The largest absolute Gasteiger partial charge is 0.481 e. The van der Waals surface area contributed by atoms with E-state index >= 15 is 0 Å². The molecule has 0 saturated carbocycles. The van der Waals surface area contributed by atoms with Crippen LogP contribution in [0.15, 0.2) is 42.5 Å². The lowest BCUT2D eigenvalue weighted by atomic mass is 10.1. The predicted octanol–water partition coefficient (Wildman–Crippen LogP) is 3.43. The van der Waals surface area contributed by atoms with Crippen LogP contribution < -0.4 is 5.32 Å². The van der Waals surface area contributed by atoms with Crippen LogP contribution in [-0.4, -0.2) is 34.3 Å². The van der Waals surface area contributed by atoms with Crippen molar-refractivity contribution in [3.8, 4) is 0 Å². The van der Waals surface area contributed by atoms with E-state index in [1.54, 1.807) is 19.1 Å². The Morgan fingerprint density at radius 1 is 1.07 bits per heavy atom. The van der Waals surface area contributed by atoms with Gasteiger partial charge in [0.15, 0.2) is 11.6 Å². The molecular formula is C20H20F2N2O4. The second-order valence-corrected chi connectivity index (χ2v) is 6.10. The normalized spacial score (nSPS) is 10.4. The number of hydrogen-bond acceptors (Lipinski definition) is 3. The van der Waals surface area contributed by atoms with Crippen LogP contribution in [0.25, 0.3) is 0 Å². The Hall–Kier alpha value is -3.29. The third-order valence-corrected chi connectivity index (χ3v) is 3.95. The molecule has 0 aliphatic heterocycles. The minimum Gasteiger partial charge on any atom is -0.481 e. The molecule has 2 N–H and O–H groups in total. The van der Waals surface area contributed by atoms with Gasteiger partial charge in [-0.05, 0) is 35.9 Å². The zero-order chi connectivity index (χ0) is 20.7. The minimum absolute atomic E-state index is 0.0884. The number of anilines is 1. The van der Waals surface area contributed by atoms with Gasteiger partial charge in [0, 0.05) is 30.8 Å². The van der Waals surface area contributed by atoms with Crippen molar-refractivity contribution in [1.82, 2.24) is 4.90 Å². The van der Waals surface area contributed by atoms with Gasteiger partial charge in [0.25, 0.3) is 5.91 Å². The van der Waals surface area contributed by atoms with E-state index in [4.69, 9.17) is 5.11 Å². The fourth-order valence-corrected chi connectivity index (χ4v) is 2.50. The van der Waals surface area contributed by atoms with E-state index in [0.29, 0.717) is 11.3 Å². The van der Waals surface area contributed by atoms with Gasteiger partial charge in [-0.3, -0.25) is 14.4 Å². The van der Waals surface area contributed by atoms with Gasteiger partial charge in [0.05, 0.1) is 6.42 Å². The van der Waals surface area contributed by atoms with Gasteiger partial charge in [0.1, 0.15) is 0 Å². The quantitative estimate of drug-likeness (QED) is 0.723. The maximum Gasteiger partial charge on any atom is 0.305 e. The number of carboxylic acid groups (broad SMARTS) is 1. The Morgan fingerprint density at radius 2 is 1.82 bits per heavy atom. The summed E-state index contributed by atoms with van der Waals surface area (Å²) in [5.41, 5.74) is 0.999. The van der Waals surface area contributed by atoms with Crippen molar-refractivity contribution in [1.29, 1.82) is 0 Å². The second-order valence-electron chi connectivity index (χ2n) is 6.10. The molecule has 0 bridgehead atoms.